The number of nitrogens with two attached hydrogens (primary N) is 1. The second-order valence-electron chi connectivity index (χ2n) is 4.45. The van der Waals surface area contributed by atoms with Gasteiger partial charge in [0, 0.05) is 31.0 Å². The van der Waals surface area contributed by atoms with Crippen molar-refractivity contribution in [3.05, 3.63) is 41.7 Å². The third kappa shape index (κ3) is 4.40. The predicted molar refractivity (Wildman–Crippen MR) is 82.2 cm³/mol. The van der Waals surface area contributed by atoms with Crippen LogP contribution in [0, 0.1) is 0 Å². The predicted octanol–water partition coefficient (Wildman–Crippen LogP) is 2.49. The van der Waals surface area contributed by atoms with Crippen LogP contribution in [0.5, 0.6) is 0 Å². The van der Waals surface area contributed by atoms with Gasteiger partial charge < -0.3 is 20.5 Å². The Balaban J connectivity index is 2.21. The molecular formula is C15H20N4O2. The van der Waals surface area contributed by atoms with Crippen molar-refractivity contribution in [2.45, 2.75) is 20.1 Å². The van der Waals surface area contributed by atoms with Crippen LogP contribution in [0.3, 0.4) is 0 Å². The Kier molecular flexibility index (Phi) is 5.48. The fourth-order valence-corrected chi connectivity index (χ4v) is 1.90. The molecule has 0 bridgehead atoms. The van der Waals surface area contributed by atoms with E-state index in [4.69, 9.17) is 15.2 Å². The number of nitrogens with one attached hydrogen (secondary N) is 1. The lowest BCUT2D eigenvalue weighted by Gasteiger charge is -2.12. The Morgan fingerprint density at radius 2 is 2.00 bits per heavy atom. The first-order valence-corrected chi connectivity index (χ1v) is 6.78. The lowest BCUT2D eigenvalue weighted by molar-refractivity contribution is 0.128. The number of hydrogen-bond acceptors (Lipinski definition) is 6. The fourth-order valence-electron chi connectivity index (χ4n) is 1.90. The molecule has 1 aromatic carbocycles. The van der Waals surface area contributed by atoms with Gasteiger partial charge in [0.1, 0.15) is 18.2 Å². The Morgan fingerprint density at radius 1 is 1.19 bits per heavy atom. The van der Waals surface area contributed by atoms with Gasteiger partial charge in [-0.1, -0.05) is 18.2 Å². The molecule has 6 heteroatoms. The van der Waals surface area contributed by atoms with Gasteiger partial charge >= 0.3 is 0 Å². The Morgan fingerprint density at radius 3 is 2.76 bits per heavy atom. The second-order valence-corrected chi connectivity index (χ2v) is 4.45. The van der Waals surface area contributed by atoms with Crippen LogP contribution < -0.4 is 11.1 Å². The number of rotatable bonds is 7. The first-order valence-electron chi connectivity index (χ1n) is 6.78. The van der Waals surface area contributed by atoms with E-state index < -0.39 is 0 Å². The van der Waals surface area contributed by atoms with Gasteiger partial charge in [0.25, 0.3) is 0 Å². The zero-order valence-electron chi connectivity index (χ0n) is 12.3. The van der Waals surface area contributed by atoms with Gasteiger partial charge in [0.05, 0.1) is 6.61 Å². The zero-order chi connectivity index (χ0) is 15.1. The number of anilines is 3. The van der Waals surface area contributed by atoms with Gasteiger partial charge in [-0.05, 0) is 13.0 Å². The summed E-state index contributed by atoms with van der Waals surface area (Å²) in [6.07, 6.45) is 0. The van der Waals surface area contributed by atoms with Crippen molar-refractivity contribution in [3.63, 3.8) is 0 Å². The summed E-state index contributed by atoms with van der Waals surface area (Å²) in [6.45, 7) is 3.40. The number of aromatic nitrogens is 2. The molecule has 0 saturated heterocycles. The molecule has 0 aliphatic rings. The first kappa shape index (κ1) is 15.2. The summed E-state index contributed by atoms with van der Waals surface area (Å²) < 4.78 is 10.5. The van der Waals surface area contributed by atoms with Crippen LogP contribution in [0.2, 0.25) is 0 Å². The molecule has 0 atom stereocenters. The lowest BCUT2D eigenvalue weighted by Crippen LogP contribution is -2.06. The number of hydrogen-bond donors (Lipinski definition) is 2. The maximum atomic E-state index is 5.81. The molecule has 0 aliphatic heterocycles. The summed E-state index contributed by atoms with van der Waals surface area (Å²) in [5.41, 5.74) is 7.79. The molecule has 0 radical (unpaired) electrons. The highest BCUT2D eigenvalue weighted by Gasteiger charge is 2.06. The number of para-hydroxylation sites is 1. The lowest BCUT2D eigenvalue weighted by atomic mass is 10.2. The quantitative estimate of drug-likeness (QED) is 0.814. The summed E-state index contributed by atoms with van der Waals surface area (Å²) in [5.74, 6) is 1.61. The minimum atomic E-state index is 0.343. The molecule has 3 N–H and O–H groups in total. The Hall–Kier alpha value is -2.18. The molecule has 2 aromatic rings. The van der Waals surface area contributed by atoms with Crippen LogP contribution in [0.15, 0.2) is 30.3 Å². The zero-order valence-corrected chi connectivity index (χ0v) is 12.3. The topological polar surface area (TPSA) is 82.3 Å². The van der Waals surface area contributed by atoms with Crippen LogP contribution >= 0.6 is 0 Å². The fraction of sp³-hybridized carbons (Fsp3) is 0.333. The second kappa shape index (κ2) is 7.56. The minimum Gasteiger partial charge on any atom is -0.384 e. The maximum absolute atomic E-state index is 5.81. The van der Waals surface area contributed by atoms with Gasteiger partial charge in [0.2, 0.25) is 0 Å². The number of nitrogen functional groups attached to an aromatic ring is 1. The largest absolute Gasteiger partial charge is 0.384 e. The van der Waals surface area contributed by atoms with E-state index >= 15 is 0 Å². The van der Waals surface area contributed by atoms with E-state index in [0.29, 0.717) is 37.3 Å². The molecule has 0 saturated carbocycles. The molecule has 0 fully saturated rings. The number of ether oxygens (including phenoxy) is 2. The van der Waals surface area contributed by atoms with Crippen molar-refractivity contribution in [1.82, 2.24) is 9.97 Å². The van der Waals surface area contributed by atoms with E-state index in [1.165, 1.54) is 0 Å². The average Bonchev–Trinajstić information content (AvgIpc) is 2.47. The van der Waals surface area contributed by atoms with Crippen molar-refractivity contribution in [2.75, 3.05) is 24.8 Å². The van der Waals surface area contributed by atoms with E-state index in [2.05, 4.69) is 15.3 Å². The van der Waals surface area contributed by atoms with E-state index in [1.807, 2.05) is 31.2 Å². The molecule has 0 amide bonds. The van der Waals surface area contributed by atoms with Crippen LogP contribution in [0.4, 0.5) is 17.3 Å². The van der Waals surface area contributed by atoms with Crippen LogP contribution in [0.25, 0.3) is 0 Å². The summed E-state index contributed by atoms with van der Waals surface area (Å²) in [6, 6.07) is 9.58. The van der Waals surface area contributed by atoms with Crippen molar-refractivity contribution < 1.29 is 9.47 Å². The molecule has 0 aliphatic carbocycles. The number of nitrogens with zero attached hydrogens (tertiary/aromatic N) is 2. The van der Waals surface area contributed by atoms with Gasteiger partial charge in [-0.15, -0.1) is 0 Å². The Labute approximate surface area is 124 Å². The van der Waals surface area contributed by atoms with E-state index in [1.54, 1.807) is 13.2 Å². The van der Waals surface area contributed by atoms with Crippen LogP contribution in [-0.2, 0) is 22.7 Å². The van der Waals surface area contributed by atoms with Crippen molar-refractivity contribution in [2.24, 2.45) is 0 Å². The van der Waals surface area contributed by atoms with Gasteiger partial charge in [0.15, 0.2) is 5.82 Å². The van der Waals surface area contributed by atoms with E-state index in [0.717, 1.165) is 11.3 Å². The Bertz CT molecular complexity index is 590. The molecule has 1 aromatic heterocycles. The first-order chi connectivity index (χ1) is 10.2. The van der Waals surface area contributed by atoms with E-state index in [9.17, 15) is 0 Å². The summed E-state index contributed by atoms with van der Waals surface area (Å²) >= 11 is 0. The molecule has 2 rings (SSSR count). The minimum absolute atomic E-state index is 0.343. The van der Waals surface area contributed by atoms with Crippen LogP contribution in [0.1, 0.15) is 18.3 Å². The number of benzene rings is 1. The third-order valence-electron chi connectivity index (χ3n) is 2.81. The summed E-state index contributed by atoms with van der Waals surface area (Å²) in [5, 5.41) is 3.25. The molecule has 21 heavy (non-hydrogen) atoms. The molecular weight excluding hydrogens is 268 g/mol. The van der Waals surface area contributed by atoms with Crippen molar-refractivity contribution in [3.8, 4) is 0 Å². The summed E-state index contributed by atoms with van der Waals surface area (Å²) in [4.78, 5) is 8.55. The maximum Gasteiger partial charge on any atom is 0.158 e. The van der Waals surface area contributed by atoms with Crippen molar-refractivity contribution >= 4 is 17.3 Å². The molecule has 6 nitrogen and oxygen atoms in total. The summed E-state index contributed by atoms with van der Waals surface area (Å²) in [7, 11) is 1.67. The SMILES string of the molecule is CCOCc1nc(N)cc(Nc2ccccc2COC)n1. The van der Waals surface area contributed by atoms with Gasteiger partial charge in [-0.3, -0.25) is 0 Å². The highest BCUT2D eigenvalue weighted by Crippen LogP contribution is 2.21. The standard InChI is InChI=1S/C15H20N4O2/c1-3-21-10-15-18-13(16)8-14(19-15)17-12-7-5-4-6-11(12)9-20-2/h4-8H,3,9-10H2,1-2H3,(H3,16,17,18,19). The third-order valence-corrected chi connectivity index (χ3v) is 2.81. The number of methoxy groups -OCH3 is 1. The van der Waals surface area contributed by atoms with Crippen molar-refractivity contribution in [1.29, 1.82) is 0 Å². The van der Waals surface area contributed by atoms with Gasteiger partial charge in [-0.25, -0.2) is 9.97 Å². The monoisotopic (exact) mass is 288 g/mol. The van der Waals surface area contributed by atoms with Gasteiger partial charge in [-0.2, -0.15) is 0 Å². The smallest absolute Gasteiger partial charge is 0.158 e. The highest BCUT2D eigenvalue weighted by atomic mass is 16.5. The molecule has 1 heterocycles. The average molecular weight is 288 g/mol. The molecule has 0 unspecified atom stereocenters. The van der Waals surface area contributed by atoms with Crippen LogP contribution in [-0.4, -0.2) is 23.7 Å². The normalized spacial score (nSPS) is 10.6. The van der Waals surface area contributed by atoms with E-state index in [-0.39, 0.29) is 0 Å². The molecule has 112 valence electrons. The molecule has 0 spiro atoms. The highest BCUT2D eigenvalue weighted by molar-refractivity contribution is 5.62.